The standard InChI is InChI=1S/C12H13ClN2O/c1-4-9(3)14-12(16)15-10-6-5-8(2)11(13)7-10/h1,5-7,9H,2-3H3,(H2,14,15,16). The number of rotatable bonds is 2. The number of nitrogens with one attached hydrogen (secondary N) is 2. The van der Waals surface area contributed by atoms with E-state index in [1.807, 2.05) is 13.0 Å². The molecule has 1 atom stereocenters. The third-order valence-electron chi connectivity index (χ3n) is 2.03. The van der Waals surface area contributed by atoms with Crippen molar-refractivity contribution in [2.24, 2.45) is 0 Å². The molecule has 0 aliphatic rings. The van der Waals surface area contributed by atoms with E-state index in [-0.39, 0.29) is 12.1 Å². The van der Waals surface area contributed by atoms with Gasteiger partial charge in [0, 0.05) is 10.7 Å². The number of carbonyl (C=O) groups is 1. The Morgan fingerprint density at radius 2 is 2.25 bits per heavy atom. The van der Waals surface area contributed by atoms with E-state index < -0.39 is 0 Å². The Morgan fingerprint density at radius 1 is 1.56 bits per heavy atom. The summed E-state index contributed by atoms with van der Waals surface area (Å²) in [5.74, 6) is 2.40. The normalized spacial score (nSPS) is 11.4. The molecule has 0 fully saturated rings. The summed E-state index contributed by atoms with van der Waals surface area (Å²) in [5, 5.41) is 5.84. The third kappa shape index (κ3) is 3.48. The topological polar surface area (TPSA) is 41.1 Å². The van der Waals surface area contributed by atoms with Crippen molar-refractivity contribution in [1.82, 2.24) is 5.32 Å². The van der Waals surface area contributed by atoms with Crippen LogP contribution in [0.25, 0.3) is 0 Å². The van der Waals surface area contributed by atoms with Crippen molar-refractivity contribution >= 4 is 23.3 Å². The number of hydrogen-bond donors (Lipinski definition) is 2. The summed E-state index contributed by atoms with van der Waals surface area (Å²) in [5.41, 5.74) is 1.60. The Labute approximate surface area is 100 Å². The van der Waals surface area contributed by atoms with Gasteiger partial charge in [-0.1, -0.05) is 23.6 Å². The highest BCUT2D eigenvalue weighted by atomic mass is 35.5. The minimum absolute atomic E-state index is 0.305. The molecule has 0 aliphatic carbocycles. The van der Waals surface area contributed by atoms with Gasteiger partial charge in [0.1, 0.15) is 0 Å². The smallest absolute Gasteiger partial charge is 0.320 e. The fraction of sp³-hybridized carbons (Fsp3) is 0.250. The van der Waals surface area contributed by atoms with E-state index in [2.05, 4.69) is 16.6 Å². The van der Waals surface area contributed by atoms with Crippen LogP contribution in [-0.4, -0.2) is 12.1 Å². The van der Waals surface area contributed by atoms with Crippen LogP contribution in [0, 0.1) is 19.3 Å². The highest BCUT2D eigenvalue weighted by Crippen LogP contribution is 2.19. The van der Waals surface area contributed by atoms with Gasteiger partial charge in [0.05, 0.1) is 6.04 Å². The van der Waals surface area contributed by atoms with E-state index in [4.69, 9.17) is 18.0 Å². The lowest BCUT2D eigenvalue weighted by molar-refractivity contribution is 0.251. The Balaban J connectivity index is 2.64. The Bertz CT molecular complexity index is 437. The number of anilines is 1. The van der Waals surface area contributed by atoms with Crippen molar-refractivity contribution in [1.29, 1.82) is 0 Å². The number of benzene rings is 1. The quantitative estimate of drug-likeness (QED) is 0.762. The zero-order valence-electron chi connectivity index (χ0n) is 9.17. The minimum Gasteiger partial charge on any atom is -0.325 e. The molecule has 1 unspecified atom stereocenters. The maximum atomic E-state index is 11.4. The van der Waals surface area contributed by atoms with Gasteiger partial charge in [0.2, 0.25) is 0 Å². The second-order valence-electron chi connectivity index (χ2n) is 3.45. The summed E-state index contributed by atoms with van der Waals surface area (Å²) in [6, 6.07) is 4.66. The van der Waals surface area contributed by atoms with Gasteiger partial charge in [-0.2, -0.15) is 0 Å². The van der Waals surface area contributed by atoms with Crippen LogP contribution in [0.2, 0.25) is 5.02 Å². The molecule has 0 heterocycles. The van der Waals surface area contributed by atoms with Crippen molar-refractivity contribution in [3.63, 3.8) is 0 Å². The van der Waals surface area contributed by atoms with E-state index in [0.29, 0.717) is 10.7 Å². The van der Waals surface area contributed by atoms with E-state index >= 15 is 0 Å². The molecule has 0 aliphatic heterocycles. The van der Waals surface area contributed by atoms with Gasteiger partial charge >= 0.3 is 6.03 Å². The average molecular weight is 237 g/mol. The van der Waals surface area contributed by atoms with Crippen LogP contribution < -0.4 is 10.6 Å². The first-order valence-electron chi connectivity index (χ1n) is 4.82. The molecule has 0 aromatic heterocycles. The summed E-state index contributed by atoms with van der Waals surface area (Å²) in [4.78, 5) is 11.4. The lowest BCUT2D eigenvalue weighted by atomic mass is 10.2. The number of carbonyl (C=O) groups excluding carboxylic acids is 1. The number of hydrogen-bond acceptors (Lipinski definition) is 1. The second kappa shape index (κ2) is 5.43. The fourth-order valence-corrected chi connectivity index (χ4v) is 1.26. The Kier molecular flexibility index (Phi) is 4.21. The molecular formula is C12H13ClN2O. The number of halogens is 1. The van der Waals surface area contributed by atoms with Crippen molar-refractivity contribution in [2.45, 2.75) is 19.9 Å². The van der Waals surface area contributed by atoms with Crippen LogP contribution in [0.3, 0.4) is 0 Å². The van der Waals surface area contributed by atoms with Gasteiger partial charge in [-0.05, 0) is 31.5 Å². The molecule has 2 N–H and O–H groups in total. The van der Waals surface area contributed by atoms with Crippen molar-refractivity contribution in [3.8, 4) is 12.3 Å². The first-order valence-corrected chi connectivity index (χ1v) is 5.20. The average Bonchev–Trinajstić information content (AvgIpc) is 2.23. The maximum absolute atomic E-state index is 11.4. The molecule has 16 heavy (non-hydrogen) atoms. The van der Waals surface area contributed by atoms with Crippen molar-refractivity contribution < 1.29 is 4.79 Å². The molecule has 0 bridgehead atoms. The van der Waals surface area contributed by atoms with Crippen LogP contribution >= 0.6 is 11.6 Å². The second-order valence-corrected chi connectivity index (χ2v) is 3.86. The largest absolute Gasteiger partial charge is 0.325 e. The zero-order valence-corrected chi connectivity index (χ0v) is 9.93. The molecule has 1 rings (SSSR count). The number of urea groups is 1. The summed E-state index contributed by atoms with van der Waals surface area (Å²) in [7, 11) is 0. The zero-order chi connectivity index (χ0) is 12.1. The first kappa shape index (κ1) is 12.4. The number of terminal acetylenes is 1. The predicted molar refractivity (Wildman–Crippen MR) is 66.6 cm³/mol. The number of amides is 2. The molecule has 84 valence electrons. The van der Waals surface area contributed by atoms with Gasteiger partial charge < -0.3 is 10.6 Å². The van der Waals surface area contributed by atoms with Crippen LogP contribution in [0.1, 0.15) is 12.5 Å². The van der Waals surface area contributed by atoms with E-state index in [1.165, 1.54) is 0 Å². The summed E-state index contributed by atoms with van der Waals surface area (Å²) >= 11 is 5.93. The van der Waals surface area contributed by atoms with E-state index in [9.17, 15) is 4.79 Å². The number of aryl methyl sites for hydroxylation is 1. The molecule has 3 nitrogen and oxygen atoms in total. The fourth-order valence-electron chi connectivity index (χ4n) is 1.08. The Hall–Kier alpha value is -1.66. The van der Waals surface area contributed by atoms with Crippen LogP contribution in [0.4, 0.5) is 10.5 Å². The van der Waals surface area contributed by atoms with Gasteiger partial charge in [0.25, 0.3) is 0 Å². The third-order valence-corrected chi connectivity index (χ3v) is 2.43. The maximum Gasteiger partial charge on any atom is 0.320 e. The molecule has 2 amide bonds. The lowest BCUT2D eigenvalue weighted by Crippen LogP contribution is -2.35. The first-order chi connectivity index (χ1) is 7.52. The minimum atomic E-state index is -0.342. The molecule has 0 saturated carbocycles. The molecule has 0 saturated heterocycles. The molecule has 1 aromatic carbocycles. The van der Waals surface area contributed by atoms with Crippen molar-refractivity contribution in [2.75, 3.05) is 5.32 Å². The van der Waals surface area contributed by atoms with Gasteiger partial charge in [-0.3, -0.25) is 0 Å². The highest BCUT2D eigenvalue weighted by molar-refractivity contribution is 6.31. The lowest BCUT2D eigenvalue weighted by Gasteiger charge is -2.10. The molecule has 0 spiro atoms. The predicted octanol–water partition coefficient (Wildman–Crippen LogP) is 2.79. The highest BCUT2D eigenvalue weighted by Gasteiger charge is 2.05. The molecule has 0 radical (unpaired) electrons. The van der Waals surface area contributed by atoms with E-state index in [0.717, 1.165) is 5.56 Å². The summed E-state index contributed by atoms with van der Waals surface area (Å²) < 4.78 is 0. The summed E-state index contributed by atoms with van der Waals surface area (Å²) in [6.07, 6.45) is 5.14. The Morgan fingerprint density at radius 3 is 2.81 bits per heavy atom. The van der Waals surface area contributed by atoms with Gasteiger partial charge in [0.15, 0.2) is 0 Å². The van der Waals surface area contributed by atoms with Gasteiger partial charge in [-0.25, -0.2) is 4.79 Å². The summed E-state index contributed by atoms with van der Waals surface area (Å²) in [6.45, 7) is 3.62. The van der Waals surface area contributed by atoms with E-state index in [1.54, 1.807) is 19.1 Å². The molecule has 1 aromatic rings. The van der Waals surface area contributed by atoms with Crippen LogP contribution in [-0.2, 0) is 0 Å². The van der Waals surface area contributed by atoms with Crippen LogP contribution in [0.15, 0.2) is 18.2 Å². The molecular weight excluding hydrogens is 224 g/mol. The van der Waals surface area contributed by atoms with Gasteiger partial charge in [-0.15, -0.1) is 6.42 Å². The SMILES string of the molecule is C#CC(C)NC(=O)Nc1ccc(C)c(Cl)c1. The monoisotopic (exact) mass is 236 g/mol. The van der Waals surface area contributed by atoms with Crippen LogP contribution in [0.5, 0.6) is 0 Å². The molecule has 4 heteroatoms. The van der Waals surface area contributed by atoms with Crippen molar-refractivity contribution in [3.05, 3.63) is 28.8 Å².